The molecule has 0 saturated heterocycles. The standard InChI is InChI=1S/C21H19F2N3O3/c1-13(20(27)25-19-9-6-16(22)11-18(19)23)29-21(28)15(12-24)10-14-4-7-17(8-5-14)26(2)3/h4-11,13H,1-3H3,(H,25,27)/b15-10+/t13-/m0/s1. The van der Waals surface area contributed by atoms with Crippen LogP contribution in [-0.4, -0.2) is 32.1 Å². The summed E-state index contributed by atoms with van der Waals surface area (Å²) in [7, 11) is 3.76. The lowest BCUT2D eigenvalue weighted by atomic mass is 10.1. The molecule has 0 saturated carbocycles. The number of hydrogen-bond donors (Lipinski definition) is 1. The molecule has 0 aliphatic heterocycles. The zero-order chi connectivity index (χ0) is 21.6. The number of anilines is 2. The molecule has 2 rings (SSSR count). The van der Waals surface area contributed by atoms with Crippen molar-refractivity contribution in [3.8, 4) is 6.07 Å². The van der Waals surface area contributed by atoms with Crippen LogP contribution >= 0.6 is 0 Å². The Morgan fingerprint density at radius 2 is 1.83 bits per heavy atom. The van der Waals surface area contributed by atoms with Crippen molar-refractivity contribution in [1.82, 2.24) is 0 Å². The number of hydrogen-bond acceptors (Lipinski definition) is 5. The Balaban J connectivity index is 2.05. The molecule has 1 amide bonds. The van der Waals surface area contributed by atoms with E-state index in [0.29, 0.717) is 11.6 Å². The third kappa shape index (κ3) is 5.87. The Bertz CT molecular complexity index is 980. The van der Waals surface area contributed by atoms with Crippen LogP contribution < -0.4 is 10.2 Å². The highest BCUT2D eigenvalue weighted by molar-refractivity contribution is 6.01. The first-order chi connectivity index (χ1) is 13.7. The Morgan fingerprint density at radius 3 is 2.38 bits per heavy atom. The van der Waals surface area contributed by atoms with Crippen LogP contribution in [0.3, 0.4) is 0 Å². The monoisotopic (exact) mass is 399 g/mol. The minimum atomic E-state index is -1.31. The second-order valence-corrected chi connectivity index (χ2v) is 6.32. The van der Waals surface area contributed by atoms with Crippen LogP contribution in [0, 0.1) is 23.0 Å². The van der Waals surface area contributed by atoms with Crippen LogP contribution in [0.2, 0.25) is 0 Å². The molecule has 2 aromatic rings. The number of esters is 1. The van der Waals surface area contributed by atoms with Gasteiger partial charge in [-0.2, -0.15) is 5.26 Å². The maximum absolute atomic E-state index is 13.6. The van der Waals surface area contributed by atoms with Crippen LogP contribution in [0.15, 0.2) is 48.0 Å². The van der Waals surface area contributed by atoms with E-state index < -0.39 is 29.6 Å². The Labute approximate surface area is 167 Å². The minimum absolute atomic E-state index is 0.253. The molecular weight excluding hydrogens is 380 g/mol. The van der Waals surface area contributed by atoms with Crippen molar-refractivity contribution in [3.63, 3.8) is 0 Å². The van der Waals surface area contributed by atoms with Gasteiger partial charge < -0.3 is 15.0 Å². The average molecular weight is 399 g/mol. The highest BCUT2D eigenvalue weighted by atomic mass is 19.1. The molecule has 0 fully saturated rings. The molecule has 0 aliphatic rings. The minimum Gasteiger partial charge on any atom is -0.448 e. The van der Waals surface area contributed by atoms with Gasteiger partial charge in [0.15, 0.2) is 6.10 Å². The lowest BCUT2D eigenvalue weighted by molar-refractivity contribution is -0.148. The number of nitriles is 1. The van der Waals surface area contributed by atoms with E-state index >= 15 is 0 Å². The van der Waals surface area contributed by atoms with Gasteiger partial charge in [0, 0.05) is 25.8 Å². The number of carbonyl (C=O) groups excluding carboxylic acids is 2. The largest absolute Gasteiger partial charge is 0.448 e. The summed E-state index contributed by atoms with van der Waals surface area (Å²) < 4.78 is 31.5. The predicted molar refractivity (Wildman–Crippen MR) is 105 cm³/mol. The zero-order valence-corrected chi connectivity index (χ0v) is 16.1. The van der Waals surface area contributed by atoms with Gasteiger partial charge in [-0.05, 0) is 42.8 Å². The number of nitrogens with zero attached hydrogens (tertiary/aromatic N) is 2. The molecule has 0 spiro atoms. The van der Waals surface area contributed by atoms with Crippen molar-refractivity contribution < 1.29 is 23.1 Å². The fourth-order valence-electron chi connectivity index (χ4n) is 2.27. The number of rotatable bonds is 6. The number of nitrogens with one attached hydrogen (secondary N) is 1. The van der Waals surface area contributed by atoms with Crippen molar-refractivity contribution in [2.24, 2.45) is 0 Å². The fourth-order valence-corrected chi connectivity index (χ4v) is 2.27. The molecule has 6 nitrogen and oxygen atoms in total. The van der Waals surface area contributed by atoms with Gasteiger partial charge in [-0.3, -0.25) is 4.79 Å². The van der Waals surface area contributed by atoms with Gasteiger partial charge in [-0.1, -0.05) is 12.1 Å². The first-order valence-electron chi connectivity index (χ1n) is 8.57. The van der Waals surface area contributed by atoms with E-state index in [-0.39, 0.29) is 11.3 Å². The van der Waals surface area contributed by atoms with Crippen LogP contribution in [0.5, 0.6) is 0 Å². The normalized spacial score (nSPS) is 11.9. The molecule has 0 unspecified atom stereocenters. The van der Waals surface area contributed by atoms with Crippen LogP contribution in [0.1, 0.15) is 12.5 Å². The summed E-state index contributed by atoms with van der Waals surface area (Å²) in [5.74, 6) is -3.57. The SMILES string of the molecule is C[C@H](OC(=O)/C(C#N)=C/c1ccc(N(C)C)cc1)C(=O)Nc1ccc(F)cc1F. The molecule has 1 atom stereocenters. The van der Waals surface area contributed by atoms with E-state index in [4.69, 9.17) is 4.74 Å². The van der Waals surface area contributed by atoms with Gasteiger partial charge in [0.2, 0.25) is 0 Å². The highest BCUT2D eigenvalue weighted by Gasteiger charge is 2.21. The van der Waals surface area contributed by atoms with E-state index in [0.717, 1.165) is 17.8 Å². The molecule has 0 aliphatic carbocycles. The highest BCUT2D eigenvalue weighted by Crippen LogP contribution is 2.17. The van der Waals surface area contributed by atoms with Crippen molar-refractivity contribution >= 4 is 29.3 Å². The summed E-state index contributed by atoms with van der Waals surface area (Å²) in [6.07, 6.45) is 0.0336. The second-order valence-electron chi connectivity index (χ2n) is 6.32. The van der Waals surface area contributed by atoms with Crippen molar-refractivity contribution in [1.29, 1.82) is 5.26 Å². The third-order valence-corrected chi connectivity index (χ3v) is 3.90. The fraction of sp³-hybridized carbons (Fsp3) is 0.190. The van der Waals surface area contributed by atoms with Gasteiger partial charge in [0.25, 0.3) is 5.91 Å². The van der Waals surface area contributed by atoms with Gasteiger partial charge >= 0.3 is 5.97 Å². The molecule has 2 aromatic carbocycles. The number of amides is 1. The maximum atomic E-state index is 13.6. The quantitative estimate of drug-likeness (QED) is 0.457. The summed E-state index contributed by atoms with van der Waals surface area (Å²) >= 11 is 0. The van der Waals surface area contributed by atoms with Gasteiger partial charge in [-0.15, -0.1) is 0 Å². The number of ether oxygens (including phenoxy) is 1. The van der Waals surface area contributed by atoms with Crippen molar-refractivity contribution in [2.45, 2.75) is 13.0 Å². The van der Waals surface area contributed by atoms with E-state index in [2.05, 4.69) is 5.32 Å². The molecule has 0 heterocycles. The lowest BCUT2D eigenvalue weighted by Crippen LogP contribution is -2.30. The van der Waals surface area contributed by atoms with Gasteiger partial charge in [0.05, 0.1) is 5.69 Å². The summed E-state index contributed by atoms with van der Waals surface area (Å²) in [5.41, 5.74) is 1.00. The molecule has 8 heteroatoms. The van der Waals surface area contributed by atoms with Crippen molar-refractivity contribution in [3.05, 3.63) is 65.2 Å². The van der Waals surface area contributed by atoms with E-state index in [1.165, 1.54) is 13.0 Å². The zero-order valence-electron chi connectivity index (χ0n) is 16.1. The first-order valence-corrected chi connectivity index (χ1v) is 8.57. The molecule has 29 heavy (non-hydrogen) atoms. The topological polar surface area (TPSA) is 82.4 Å². The Hall–Kier alpha value is -3.73. The number of benzene rings is 2. The van der Waals surface area contributed by atoms with Crippen molar-refractivity contribution in [2.75, 3.05) is 24.3 Å². The maximum Gasteiger partial charge on any atom is 0.349 e. The second kappa shape index (κ2) is 9.46. The molecule has 0 aromatic heterocycles. The Kier molecular flexibility index (Phi) is 7.04. The molecule has 0 radical (unpaired) electrons. The molecule has 1 N–H and O–H groups in total. The molecular formula is C21H19F2N3O3. The number of carbonyl (C=O) groups is 2. The molecule has 150 valence electrons. The first kappa shape index (κ1) is 21.6. The number of halogens is 2. The average Bonchev–Trinajstić information content (AvgIpc) is 2.68. The molecule has 0 bridgehead atoms. The lowest BCUT2D eigenvalue weighted by Gasteiger charge is -2.14. The van der Waals surface area contributed by atoms with Crippen LogP contribution in [0.4, 0.5) is 20.2 Å². The smallest absolute Gasteiger partial charge is 0.349 e. The van der Waals surface area contributed by atoms with E-state index in [9.17, 15) is 23.6 Å². The third-order valence-electron chi connectivity index (χ3n) is 3.90. The van der Waals surface area contributed by atoms with Gasteiger partial charge in [-0.25, -0.2) is 13.6 Å². The van der Waals surface area contributed by atoms with Crippen LogP contribution in [0.25, 0.3) is 6.08 Å². The summed E-state index contributed by atoms with van der Waals surface area (Å²) in [5, 5.41) is 11.4. The predicted octanol–water partition coefficient (Wildman–Crippen LogP) is 3.51. The Morgan fingerprint density at radius 1 is 1.17 bits per heavy atom. The summed E-state index contributed by atoms with van der Waals surface area (Å²) in [6.45, 7) is 1.27. The summed E-state index contributed by atoms with van der Waals surface area (Å²) in [6, 6.07) is 11.5. The van der Waals surface area contributed by atoms with E-state index in [1.807, 2.05) is 31.1 Å². The van der Waals surface area contributed by atoms with Gasteiger partial charge in [0.1, 0.15) is 23.3 Å². The summed E-state index contributed by atoms with van der Waals surface area (Å²) in [4.78, 5) is 26.2. The van der Waals surface area contributed by atoms with E-state index in [1.54, 1.807) is 18.2 Å². The van der Waals surface area contributed by atoms with Crippen LogP contribution in [-0.2, 0) is 14.3 Å².